The van der Waals surface area contributed by atoms with E-state index in [0.717, 1.165) is 19.4 Å². The Bertz CT molecular complexity index is 276. The maximum absolute atomic E-state index is 9.05. The number of nitrogens with one attached hydrogen (secondary N) is 1. The van der Waals surface area contributed by atoms with Crippen LogP contribution >= 0.6 is 0 Å². The van der Waals surface area contributed by atoms with Crippen LogP contribution in [0.2, 0.25) is 0 Å². The largest absolute Gasteiger partial charge is 0.396 e. The van der Waals surface area contributed by atoms with Crippen LogP contribution in [-0.4, -0.2) is 18.3 Å². The first-order chi connectivity index (χ1) is 6.40. The van der Waals surface area contributed by atoms with Gasteiger partial charge in [-0.15, -0.1) is 0 Å². The van der Waals surface area contributed by atoms with E-state index in [1.807, 2.05) is 0 Å². The van der Waals surface area contributed by atoms with E-state index in [1.54, 1.807) is 0 Å². The molecule has 70 valence electrons. The molecule has 0 aromatic heterocycles. The Hall–Kier alpha value is -1.02. The highest BCUT2D eigenvalue weighted by molar-refractivity contribution is 5.37. The van der Waals surface area contributed by atoms with Crippen molar-refractivity contribution < 1.29 is 5.11 Å². The number of allylic oxidation sites excluding steroid dienone is 5. The van der Waals surface area contributed by atoms with Crippen LogP contribution in [0.1, 0.15) is 12.8 Å². The van der Waals surface area contributed by atoms with Gasteiger partial charge in [0, 0.05) is 24.8 Å². The molecule has 1 fully saturated rings. The van der Waals surface area contributed by atoms with Gasteiger partial charge in [-0.1, -0.05) is 18.2 Å². The molecule has 0 aromatic rings. The van der Waals surface area contributed by atoms with Crippen molar-refractivity contribution in [2.75, 3.05) is 13.2 Å². The van der Waals surface area contributed by atoms with Gasteiger partial charge in [-0.2, -0.15) is 0 Å². The standard InChI is InChI=1S/C11H15NO/c13-8-9-6-10-4-2-1-3-5-11(10)12-7-9/h1,3-5,9,12-13H,2,6-8H2. The number of hydrogen-bond donors (Lipinski definition) is 2. The Morgan fingerprint density at radius 1 is 1.54 bits per heavy atom. The van der Waals surface area contributed by atoms with Gasteiger partial charge in [0.1, 0.15) is 0 Å². The smallest absolute Gasteiger partial charge is 0.0479 e. The molecule has 1 saturated heterocycles. The van der Waals surface area contributed by atoms with E-state index in [9.17, 15) is 0 Å². The molecule has 1 unspecified atom stereocenters. The summed E-state index contributed by atoms with van der Waals surface area (Å²) in [5, 5.41) is 12.4. The number of fused-ring (bicyclic) bond motifs is 1. The molecule has 2 heteroatoms. The van der Waals surface area contributed by atoms with Gasteiger partial charge >= 0.3 is 0 Å². The van der Waals surface area contributed by atoms with Gasteiger partial charge in [-0.25, -0.2) is 0 Å². The number of hydrogen-bond acceptors (Lipinski definition) is 2. The number of aliphatic hydroxyl groups excluding tert-OH is 1. The van der Waals surface area contributed by atoms with Crippen LogP contribution in [0, 0.1) is 5.92 Å². The summed E-state index contributed by atoms with van der Waals surface area (Å²) in [5.41, 5.74) is 2.59. The normalized spacial score (nSPS) is 26.7. The lowest BCUT2D eigenvalue weighted by molar-refractivity contribution is 0.218. The summed E-state index contributed by atoms with van der Waals surface area (Å²) in [6.07, 6.45) is 10.6. The van der Waals surface area contributed by atoms with Crippen LogP contribution in [0.25, 0.3) is 0 Å². The molecule has 1 heterocycles. The van der Waals surface area contributed by atoms with E-state index in [1.165, 1.54) is 11.3 Å². The maximum atomic E-state index is 9.05. The molecule has 0 spiro atoms. The van der Waals surface area contributed by atoms with Crippen molar-refractivity contribution in [3.8, 4) is 0 Å². The minimum atomic E-state index is 0.283. The maximum Gasteiger partial charge on any atom is 0.0479 e. The van der Waals surface area contributed by atoms with Gasteiger partial charge in [0.05, 0.1) is 0 Å². The summed E-state index contributed by atoms with van der Waals surface area (Å²) in [7, 11) is 0. The fraction of sp³-hybridized carbons (Fsp3) is 0.455. The first-order valence-electron chi connectivity index (χ1n) is 4.81. The average molecular weight is 177 g/mol. The Morgan fingerprint density at radius 2 is 2.46 bits per heavy atom. The van der Waals surface area contributed by atoms with Crippen molar-refractivity contribution in [1.29, 1.82) is 0 Å². The molecule has 0 bridgehead atoms. The second-order valence-corrected chi connectivity index (χ2v) is 3.61. The summed E-state index contributed by atoms with van der Waals surface area (Å²) in [6.45, 7) is 1.18. The predicted molar refractivity (Wildman–Crippen MR) is 53.1 cm³/mol. The number of rotatable bonds is 1. The van der Waals surface area contributed by atoms with E-state index in [0.29, 0.717) is 5.92 Å². The highest BCUT2D eigenvalue weighted by Crippen LogP contribution is 2.24. The Balaban J connectivity index is 2.15. The first kappa shape index (κ1) is 8.57. The van der Waals surface area contributed by atoms with Crippen LogP contribution < -0.4 is 5.32 Å². The molecule has 2 aliphatic rings. The third kappa shape index (κ3) is 1.83. The average Bonchev–Trinajstić information content (AvgIpc) is 2.41. The van der Waals surface area contributed by atoms with Gasteiger partial charge in [0.15, 0.2) is 0 Å². The lowest BCUT2D eigenvalue weighted by Gasteiger charge is -2.26. The van der Waals surface area contributed by atoms with Crippen LogP contribution in [0.3, 0.4) is 0 Å². The van der Waals surface area contributed by atoms with E-state index in [-0.39, 0.29) is 6.61 Å². The van der Waals surface area contributed by atoms with Crippen molar-refractivity contribution in [2.24, 2.45) is 5.92 Å². The minimum absolute atomic E-state index is 0.283. The van der Waals surface area contributed by atoms with Gasteiger partial charge in [-0.3, -0.25) is 0 Å². The van der Waals surface area contributed by atoms with E-state index >= 15 is 0 Å². The quantitative estimate of drug-likeness (QED) is 0.634. The molecular weight excluding hydrogens is 162 g/mol. The van der Waals surface area contributed by atoms with Crippen LogP contribution in [0.5, 0.6) is 0 Å². The summed E-state index contributed by atoms with van der Waals surface area (Å²) >= 11 is 0. The molecule has 0 aromatic carbocycles. The number of piperidine rings is 1. The minimum Gasteiger partial charge on any atom is -0.396 e. The molecule has 2 rings (SSSR count). The van der Waals surface area contributed by atoms with Gasteiger partial charge in [-0.05, 0) is 24.5 Å². The second-order valence-electron chi connectivity index (χ2n) is 3.61. The second kappa shape index (κ2) is 3.79. The van der Waals surface area contributed by atoms with E-state index < -0.39 is 0 Å². The molecule has 13 heavy (non-hydrogen) atoms. The lowest BCUT2D eigenvalue weighted by Crippen LogP contribution is -2.31. The topological polar surface area (TPSA) is 32.3 Å². The lowest BCUT2D eigenvalue weighted by atomic mass is 9.93. The summed E-state index contributed by atoms with van der Waals surface area (Å²) in [6, 6.07) is 0. The van der Waals surface area contributed by atoms with Gasteiger partial charge < -0.3 is 10.4 Å². The molecule has 2 N–H and O–H groups in total. The monoisotopic (exact) mass is 177 g/mol. The third-order valence-electron chi connectivity index (χ3n) is 2.59. The van der Waals surface area contributed by atoms with Crippen LogP contribution in [0.4, 0.5) is 0 Å². The van der Waals surface area contributed by atoms with E-state index in [2.05, 4.69) is 29.6 Å². The van der Waals surface area contributed by atoms with Crippen LogP contribution in [-0.2, 0) is 0 Å². The van der Waals surface area contributed by atoms with Crippen molar-refractivity contribution >= 4 is 0 Å². The summed E-state index contributed by atoms with van der Waals surface area (Å²) in [5.74, 6) is 0.390. The Labute approximate surface area is 78.7 Å². The fourth-order valence-corrected chi connectivity index (χ4v) is 1.80. The zero-order valence-corrected chi connectivity index (χ0v) is 7.66. The molecular formula is C11H15NO. The predicted octanol–water partition coefficient (Wildman–Crippen LogP) is 1.36. The number of aliphatic hydroxyl groups is 1. The first-order valence-corrected chi connectivity index (χ1v) is 4.81. The van der Waals surface area contributed by atoms with Crippen molar-refractivity contribution in [3.05, 3.63) is 35.6 Å². The van der Waals surface area contributed by atoms with Crippen molar-refractivity contribution in [3.63, 3.8) is 0 Å². The van der Waals surface area contributed by atoms with E-state index in [4.69, 9.17) is 5.11 Å². The van der Waals surface area contributed by atoms with Crippen molar-refractivity contribution in [2.45, 2.75) is 12.8 Å². The summed E-state index contributed by atoms with van der Waals surface area (Å²) in [4.78, 5) is 0. The van der Waals surface area contributed by atoms with Gasteiger partial charge in [0.2, 0.25) is 0 Å². The zero-order valence-electron chi connectivity index (χ0n) is 7.66. The zero-order chi connectivity index (χ0) is 9.10. The Kier molecular flexibility index (Phi) is 2.50. The molecule has 0 radical (unpaired) electrons. The molecule has 1 aliphatic carbocycles. The third-order valence-corrected chi connectivity index (χ3v) is 2.59. The molecule has 2 nitrogen and oxygen atoms in total. The van der Waals surface area contributed by atoms with Crippen LogP contribution in [0.15, 0.2) is 35.6 Å². The molecule has 0 saturated carbocycles. The Morgan fingerprint density at radius 3 is 3.31 bits per heavy atom. The fourth-order valence-electron chi connectivity index (χ4n) is 1.80. The molecule has 1 aliphatic heterocycles. The van der Waals surface area contributed by atoms with Gasteiger partial charge in [0.25, 0.3) is 0 Å². The highest BCUT2D eigenvalue weighted by Gasteiger charge is 2.19. The SMILES string of the molecule is OCC1CNC2=CC=CCC=C2C1. The summed E-state index contributed by atoms with van der Waals surface area (Å²) < 4.78 is 0. The molecule has 0 amide bonds. The van der Waals surface area contributed by atoms with Crippen molar-refractivity contribution in [1.82, 2.24) is 5.32 Å². The highest BCUT2D eigenvalue weighted by atomic mass is 16.3. The molecule has 1 atom stereocenters.